The van der Waals surface area contributed by atoms with Crippen LogP contribution in [0.3, 0.4) is 0 Å². The van der Waals surface area contributed by atoms with Crippen molar-refractivity contribution in [1.29, 1.82) is 0 Å². The maximum Gasteiger partial charge on any atom is 0.265 e. The van der Waals surface area contributed by atoms with Crippen molar-refractivity contribution in [2.24, 2.45) is 0 Å². The monoisotopic (exact) mass is 442 g/mol. The molecule has 0 radical (unpaired) electrons. The fourth-order valence-electron chi connectivity index (χ4n) is 1.37. The van der Waals surface area contributed by atoms with E-state index in [4.69, 9.17) is 11.6 Å². The first-order valence-electron chi connectivity index (χ1n) is 5.08. The number of benzene rings is 1. The zero-order valence-corrected chi connectivity index (χ0v) is 14.3. The standard InChI is InChI=1S/C11H6Br2ClFN2O2S/c12-6-1-2-8(15)9(3-6)17-20(18,19)10-4-7(13)5-16-11(10)14/h1-5,17H. The molecular weight excluding hydrogens is 438 g/mol. The van der Waals surface area contributed by atoms with Crippen LogP contribution in [0.1, 0.15) is 0 Å². The van der Waals surface area contributed by atoms with Crippen LogP contribution in [0.15, 0.2) is 44.3 Å². The highest BCUT2D eigenvalue weighted by Crippen LogP contribution is 2.27. The molecule has 0 atom stereocenters. The predicted molar refractivity (Wildman–Crippen MR) is 81.9 cm³/mol. The lowest BCUT2D eigenvalue weighted by Gasteiger charge is -2.10. The van der Waals surface area contributed by atoms with Crippen molar-refractivity contribution in [1.82, 2.24) is 4.98 Å². The van der Waals surface area contributed by atoms with Gasteiger partial charge in [0, 0.05) is 15.1 Å². The van der Waals surface area contributed by atoms with Gasteiger partial charge in [0.05, 0.1) is 5.69 Å². The van der Waals surface area contributed by atoms with Gasteiger partial charge in [-0.2, -0.15) is 0 Å². The first-order valence-corrected chi connectivity index (χ1v) is 8.53. The molecule has 1 N–H and O–H groups in total. The highest BCUT2D eigenvalue weighted by Gasteiger charge is 2.21. The molecule has 0 aliphatic carbocycles. The topological polar surface area (TPSA) is 59.1 Å². The Bertz CT molecular complexity index is 771. The lowest BCUT2D eigenvalue weighted by molar-refractivity contribution is 0.598. The zero-order chi connectivity index (χ0) is 14.9. The SMILES string of the molecule is O=S(=O)(Nc1cc(Br)ccc1F)c1cc(Br)cnc1Cl. The normalized spacial score (nSPS) is 11.4. The Hall–Kier alpha value is -0.700. The Morgan fingerprint density at radius 1 is 1.20 bits per heavy atom. The largest absolute Gasteiger partial charge is 0.277 e. The minimum absolute atomic E-state index is 0.185. The Labute approximate surface area is 136 Å². The Morgan fingerprint density at radius 2 is 1.90 bits per heavy atom. The summed E-state index contributed by atoms with van der Waals surface area (Å²) in [5.74, 6) is -0.698. The molecule has 0 unspecified atom stereocenters. The third-order valence-corrected chi connectivity index (χ3v) is 4.95. The van der Waals surface area contributed by atoms with Gasteiger partial charge in [-0.05, 0) is 40.2 Å². The summed E-state index contributed by atoms with van der Waals surface area (Å²) in [6, 6.07) is 5.20. The van der Waals surface area contributed by atoms with Crippen LogP contribution in [-0.2, 0) is 10.0 Å². The van der Waals surface area contributed by atoms with E-state index in [1.165, 1.54) is 24.4 Å². The molecule has 2 rings (SSSR count). The summed E-state index contributed by atoms with van der Waals surface area (Å²) in [6.45, 7) is 0. The molecule has 2 aromatic rings. The number of nitrogens with one attached hydrogen (secondary N) is 1. The quantitative estimate of drug-likeness (QED) is 0.722. The maximum absolute atomic E-state index is 13.6. The predicted octanol–water partition coefficient (Wildman–Crippen LogP) is 4.20. The smallest absolute Gasteiger partial charge is 0.265 e. The zero-order valence-electron chi connectivity index (χ0n) is 9.57. The van der Waals surface area contributed by atoms with E-state index in [1.807, 2.05) is 0 Å². The summed E-state index contributed by atoms with van der Waals surface area (Å²) in [5.41, 5.74) is -0.185. The lowest BCUT2D eigenvalue weighted by atomic mass is 10.3. The van der Waals surface area contributed by atoms with Crippen molar-refractivity contribution in [2.45, 2.75) is 4.90 Å². The second kappa shape index (κ2) is 5.97. The number of aromatic nitrogens is 1. The number of hydrogen-bond acceptors (Lipinski definition) is 3. The highest BCUT2D eigenvalue weighted by molar-refractivity contribution is 9.10. The van der Waals surface area contributed by atoms with Crippen molar-refractivity contribution >= 4 is 59.2 Å². The lowest BCUT2D eigenvalue weighted by Crippen LogP contribution is -2.15. The number of pyridine rings is 1. The Morgan fingerprint density at radius 3 is 2.60 bits per heavy atom. The van der Waals surface area contributed by atoms with Crippen LogP contribution in [-0.4, -0.2) is 13.4 Å². The molecule has 4 nitrogen and oxygen atoms in total. The second-order valence-electron chi connectivity index (χ2n) is 3.67. The van der Waals surface area contributed by atoms with Crippen LogP contribution in [0.25, 0.3) is 0 Å². The number of rotatable bonds is 3. The van der Waals surface area contributed by atoms with E-state index in [-0.39, 0.29) is 15.7 Å². The third kappa shape index (κ3) is 3.49. The van der Waals surface area contributed by atoms with E-state index in [0.717, 1.165) is 6.07 Å². The number of hydrogen-bond donors (Lipinski definition) is 1. The van der Waals surface area contributed by atoms with Gasteiger partial charge < -0.3 is 0 Å². The summed E-state index contributed by atoms with van der Waals surface area (Å²) >= 11 is 12.0. The van der Waals surface area contributed by atoms with Crippen molar-refractivity contribution < 1.29 is 12.8 Å². The molecule has 1 heterocycles. The fourth-order valence-corrected chi connectivity index (χ4v) is 3.73. The van der Waals surface area contributed by atoms with Gasteiger partial charge in [-0.15, -0.1) is 0 Å². The molecule has 0 spiro atoms. The van der Waals surface area contributed by atoms with Crippen molar-refractivity contribution in [2.75, 3.05) is 4.72 Å². The van der Waals surface area contributed by atoms with E-state index in [1.54, 1.807) is 0 Å². The van der Waals surface area contributed by atoms with E-state index in [2.05, 4.69) is 41.6 Å². The minimum Gasteiger partial charge on any atom is -0.277 e. The molecule has 0 saturated carbocycles. The molecule has 9 heteroatoms. The molecule has 0 aliphatic heterocycles. The van der Waals surface area contributed by atoms with Crippen molar-refractivity contribution in [3.05, 3.63) is 50.4 Å². The molecule has 1 aromatic carbocycles. The number of halogens is 4. The molecule has 0 aliphatic rings. The summed E-state index contributed by atoms with van der Waals surface area (Å²) in [6.07, 6.45) is 1.36. The third-order valence-electron chi connectivity index (χ3n) is 2.24. The summed E-state index contributed by atoms with van der Waals surface area (Å²) < 4.78 is 41.1. The van der Waals surface area contributed by atoms with Crippen LogP contribution >= 0.6 is 43.5 Å². The molecule has 0 bridgehead atoms. The van der Waals surface area contributed by atoms with Gasteiger partial charge in [0.25, 0.3) is 10.0 Å². The van der Waals surface area contributed by atoms with Gasteiger partial charge in [-0.1, -0.05) is 27.5 Å². The second-order valence-corrected chi connectivity index (χ2v) is 7.51. The first kappa shape index (κ1) is 15.7. The first-order chi connectivity index (χ1) is 9.29. The van der Waals surface area contributed by atoms with E-state index >= 15 is 0 Å². The van der Waals surface area contributed by atoms with Gasteiger partial charge >= 0.3 is 0 Å². The van der Waals surface area contributed by atoms with E-state index in [9.17, 15) is 12.8 Å². The molecule has 0 saturated heterocycles. The highest BCUT2D eigenvalue weighted by atomic mass is 79.9. The average molecular weight is 445 g/mol. The van der Waals surface area contributed by atoms with Crippen LogP contribution in [0.2, 0.25) is 5.15 Å². The molecule has 106 valence electrons. The van der Waals surface area contributed by atoms with Crippen molar-refractivity contribution in [3.63, 3.8) is 0 Å². The Kier molecular flexibility index (Phi) is 4.68. The maximum atomic E-state index is 13.6. The fraction of sp³-hybridized carbons (Fsp3) is 0. The van der Waals surface area contributed by atoms with Crippen LogP contribution in [0.5, 0.6) is 0 Å². The van der Waals surface area contributed by atoms with Crippen LogP contribution in [0.4, 0.5) is 10.1 Å². The van der Waals surface area contributed by atoms with Crippen LogP contribution in [0, 0.1) is 5.82 Å². The van der Waals surface area contributed by atoms with E-state index < -0.39 is 15.8 Å². The molecule has 20 heavy (non-hydrogen) atoms. The minimum atomic E-state index is -4.04. The number of anilines is 1. The number of sulfonamides is 1. The molecule has 0 amide bonds. The summed E-state index contributed by atoms with van der Waals surface area (Å²) in [5, 5.41) is -0.198. The van der Waals surface area contributed by atoms with Gasteiger partial charge in [-0.3, -0.25) is 4.72 Å². The van der Waals surface area contributed by atoms with Crippen LogP contribution < -0.4 is 4.72 Å². The number of nitrogens with zero attached hydrogens (tertiary/aromatic N) is 1. The molecular formula is C11H6Br2ClFN2O2S. The summed E-state index contributed by atoms with van der Waals surface area (Å²) in [4.78, 5) is 3.48. The summed E-state index contributed by atoms with van der Waals surface area (Å²) in [7, 11) is -4.04. The van der Waals surface area contributed by atoms with Gasteiger partial charge in [0.2, 0.25) is 0 Å². The van der Waals surface area contributed by atoms with Crippen molar-refractivity contribution in [3.8, 4) is 0 Å². The van der Waals surface area contributed by atoms with E-state index in [0.29, 0.717) is 8.95 Å². The average Bonchev–Trinajstić information content (AvgIpc) is 2.36. The molecule has 0 fully saturated rings. The van der Waals surface area contributed by atoms with Gasteiger partial charge in [0.1, 0.15) is 15.9 Å². The Balaban J connectivity index is 2.46. The molecule has 1 aromatic heterocycles. The van der Waals surface area contributed by atoms with Gasteiger partial charge in [0.15, 0.2) is 0 Å². The van der Waals surface area contributed by atoms with Gasteiger partial charge in [-0.25, -0.2) is 17.8 Å².